The van der Waals surface area contributed by atoms with Crippen molar-refractivity contribution in [1.82, 2.24) is 20.0 Å². The van der Waals surface area contributed by atoms with Crippen LogP contribution in [0.4, 0.5) is 4.39 Å². The Labute approximate surface area is 189 Å². The summed E-state index contributed by atoms with van der Waals surface area (Å²) in [4.78, 5) is 28.7. The number of hydrogen-bond acceptors (Lipinski definition) is 6. The molecule has 0 spiro atoms. The average molecular weight is 455 g/mol. The van der Waals surface area contributed by atoms with Gasteiger partial charge in [-0.3, -0.25) is 9.59 Å². The van der Waals surface area contributed by atoms with Crippen molar-refractivity contribution in [3.8, 4) is 10.9 Å². The van der Waals surface area contributed by atoms with E-state index in [1.54, 1.807) is 24.3 Å². The van der Waals surface area contributed by atoms with Gasteiger partial charge in [-0.25, -0.2) is 4.39 Å². The van der Waals surface area contributed by atoms with E-state index in [1.807, 2.05) is 12.1 Å². The molecule has 2 heterocycles. The molecule has 0 radical (unpaired) electrons. The van der Waals surface area contributed by atoms with Crippen LogP contribution in [0, 0.1) is 5.82 Å². The highest BCUT2D eigenvalue weighted by Crippen LogP contribution is 2.24. The number of nitrogens with one attached hydrogen (secondary N) is 2. The molecule has 1 aromatic heterocycles. The SMILES string of the molecule is O=C(Cc1ccc(Oc2nc(Cc3ccc(F)cc3)ns2)cc1)NC1CCCCNC1=O. The molecule has 0 saturated carbocycles. The van der Waals surface area contributed by atoms with E-state index >= 15 is 0 Å². The fourth-order valence-corrected chi connectivity index (χ4v) is 3.99. The number of halogens is 1. The van der Waals surface area contributed by atoms with E-state index in [0.717, 1.165) is 35.5 Å². The van der Waals surface area contributed by atoms with Gasteiger partial charge in [-0.2, -0.15) is 9.36 Å². The Balaban J connectivity index is 1.29. The van der Waals surface area contributed by atoms with Crippen LogP contribution in [0.5, 0.6) is 10.9 Å². The van der Waals surface area contributed by atoms with Gasteiger partial charge in [0.2, 0.25) is 11.8 Å². The summed E-state index contributed by atoms with van der Waals surface area (Å²) in [7, 11) is 0. The second-order valence-electron chi connectivity index (χ2n) is 7.61. The van der Waals surface area contributed by atoms with Gasteiger partial charge in [-0.15, -0.1) is 0 Å². The number of carbonyl (C=O) groups excluding carboxylic acids is 2. The van der Waals surface area contributed by atoms with Gasteiger partial charge in [0.1, 0.15) is 17.6 Å². The maximum Gasteiger partial charge on any atom is 0.298 e. The number of nitrogens with zero attached hydrogens (tertiary/aromatic N) is 2. The quantitative estimate of drug-likeness (QED) is 0.571. The van der Waals surface area contributed by atoms with E-state index in [9.17, 15) is 14.0 Å². The zero-order valence-corrected chi connectivity index (χ0v) is 18.2. The van der Waals surface area contributed by atoms with Crippen LogP contribution in [0.15, 0.2) is 48.5 Å². The first-order valence-corrected chi connectivity index (χ1v) is 11.2. The van der Waals surface area contributed by atoms with Crippen LogP contribution < -0.4 is 15.4 Å². The molecule has 1 fully saturated rings. The van der Waals surface area contributed by atoms with Crippen molar-refractivity contribution in [2.45, 2.75) is 38.1 Å². The second kappa shape index (κ2) is 10.3. The molecule has 1 aliphatic heterocycles. The summed E-state index contributed by atoms with van der Waals surface area (Å²) in [5.41, 5.74) is 1.73. The first-order valence-electron chi connectivity index (χ1n) is 10.5. The molecule has 0 bridgehead atoms. The van der Waals surface area contributed by atoms with E-state index in [1.165, 1.54) is 12.1 Å². The van der Waals surface area contributed by atoms with Crippen molar-refractivity contribution < 1.29 is 18.7 Å². The highest BCUT2D eigenvalue weighted by atomic mass is 32.1. The molecule has 1 saturated heterocycles. The Bertz CT molecular complexity index is 1070. The van der Waals surface area contributed by atoms with E-state index in [4.69, 9.17) is 4.74 Å². The maximum atomic E-state index is 13.0. The molecular formula is C23H23FN4O3S. The zero-order chi connectivity index (χ0) is 22.3. The Morgan fingerprint density at radius 3 is 2.66 bits per heavy atom. The largest absolute Gasteiger partial charge is 0.430 e. The maximum absolute atomic E-state index is 13.0. The van der Waals surface area contributed by atoms with Gasteiger partial charge in [0, 0.05) is 24.5 Å². The number of ether oxygens (including phenoxy) is 1. The van der Waals surface area contributed by atoms with E-state index in [2.05, 4.69) is 20.0 Å². The summed E-state index contributed by atoms with van der Waals surface area (Å²) in [5.74, 6) is 0.611. The minimum absolute atomic E-state index is 0.115. The van der Waals surface area contributed by atoms with Gasteiger partial charge in [0.15, 0.2) is 5.82 Å². The van der Waals surface area contributed by atoms with Crippen molar-refractivity contribution >= 4 is 23.3 Å². The van der Waals surface area contributed by atoms with Gasteiger partial charge in [-0.1, -0.05) is 24.3 Å². The van der Waals surface area contributed by atoms with E-state index in [0.29, 0.717) is 36.2 Å². The van der Waals surface area contributed by atoms with Crippen LogP contribution in [0.25, 0.3) is 0 Å². The van der Waals surface area contributed by atoms with Crippen molar-refractivity contribution in [1.29, 1.82) is 0 Å². The molecule has 166 valence electrons. The molecule has 2 aromatic carbocycles. The van der Waals surface area contributed by atoms with Crippen molar-refractivity contribution in [2.75, 3.05) is 6.54 Å². The smallest absolute Gasteiger partial charge is 0.298 e. The summed E-state index contributed by atoms with van der Waals surface area (Å²) in [6, 6.07) is 12.9. The van der Waals surface area contributed by atoms with Gasteiger partial charge in [0.05, 0.1) is 6.42 Å². The van der Waals surface area contributed by atoms with Gasteiger partial charge in [0.25, 0.3) is 5.19 Å². The first-order chi connectivity index (χ1) is 15.5. The molecule has 2 amide bonds. The van der Waals surface area contributed by atoms with Crippen molar-refractivity contribution in [3.05, 3.63) is 71.3 Å². The van der Waals surface area contributed by atoms with Crippen LogP contribution in [0.1, 0.15) is 36.2 Å². The number of hydrogen-bond donors (Lipinski definition) is 2. The third-order valence-electron chi connectivity index (χ3n) is 5.09. The molecule has 0 aliphatic carbocycles. The third kappa shape index (κ3) is 6.10. The molecule has 3 aromatic rings. The van der Waals surface area contributed by atoms with Crippen LogP contribution in [0.3, 0.4) is 0 Å². The first kappa shape index (κ1) is 21.9. The summed E-state index contributed by atoms with van der Waals surface area (Å²) < 4.78 is 23.1. The number of carbonyl (C=O) groups is 2. The lowest BCUT2D eigenvalue weighted by atomic mass is 10.1. The Kier molecular flexibility index (Phi) is 7.06. The van der Waals surface area contributed by atoms with Gasteiger partial charge >= 0.3 is 0 Å². The third-order valence-corrected chi connectivity index (χ3v) is 5.72. The molecule has 4 rings (SSSR count). The minimum atomic E-state index is -0.464. The lowest BCUT2D eigenvalue weighted by Crippen LogP contribution is -2.45. The summed E-state index contributed by atoms with van der Waals surface area (Å²) >= 11 is 1.14. The number of rotatable bonds is 7. The van der Waals surface area contributed by atoms with Crippen LogP contribution >= 0.6 is 11.5 Å². The molecule has 1 unspecified atom stereocenters. The van der Waals surface area contributed by atoms with Gasteiger partial charge < -0.3 is 15.4 Å². The predicted molar refractivity (Wildman–Crippen MR) is 118 cm³/mol. The van der Waals surface area contributed by atoms with Crippen molar-refractivity contribution in [2.24, 2.45) is 0 Å². The second-order valence-corrected chi connectivity index (χ2v) is 8.32. The van der Waals surface area contributed by atoms with E-state index in [-0.39, 0.29) is 24.1 Å². The fourth-order valence-electron chi connectivity index (χ4n) is 3.42. The fraction of sp³-hybridized carbons (Fsp3) is 0.304. The van der Waals surface area contributed by atoms with Crippen LogP contribution in [-0.4, -0.2) is 33.8 Å². The monoisotopic (exact) mass is 454 g/mol. The Morgan fingerprint density at radius 2 is 1.88 bits per heavy atom. The summed E-state index contributed by atoms with van der Waals surface area (Å²) in [5, 5.41) is 6.04. The number of amides is 2. The molecule has 9 heteroatoms. The van der Waals surface area contributed by atoms with Crippen LogP contribution in [-0.2, 0) is 22.4 Å². The Hall–Kier alpha value is -3.33. The number of benzene rings is 2. The topological polar surface area (TPSA) is 93.2 Å². The van der Waals surface area contributed by atoms with Crippen molar-refractivity contribution in [3.63, 3.8) is 0 Å². The minimum Gasteiger partial charge on any atom is -0.430 e. The number of aromatic nitrogens is 2. The molecule has 2 N–H and O–H groups in total. The molecule has 1 atom stereocenters. The van der Waals surface area contributed by atoms with Gasteiger partial charge in [-0.05, 0) is 54.7 Å². The molecular weight excluding hydrogens is 431 g/mol. The molecule has 32 heavy (non-hydrogen) atoms. The zero-order valence-electron chi connectivity index (χ0n) is 17.3. The van der Waals surface area contributed by atoms with Crippen LogP contribution in [0.2, 0.25) is 0 Å². The average Bonchev–Trinajstić information content (AvgIpc) is 3.12. The summed E-state index contributed by atoms with van der Waals surface area (Å²) in [6.07, 6.45) is 3.18. The predicted octanol–water partition coefficient (Wildman–Crippen LogP) is 3.39. The van der Waals surface area contributed by atoms with E-state index < -0.39 is 6.04 Å². The highest BCUT2D eigenvalue weighted by Gasteiger charge is 2.22. The standard InChI is InChI=1S/C23H23FN4O3S/c24-17-8-4-15(5-9-17)13-20-27-23(32-28-20)31-18-10-6-16(7-11-18)14-21(29)26-19-3-1-2-12-25-22(19)30/h4-11,19H,1-3,12-14H2,(H,25,30)(H,26,29). The molecule has 7 nitrogen and oxygen atoms in total. The lowest BCUT2D eigenvalue weighted by molar-refractivity contribution is -0.128. The molecule has 1 aliphatic rings. The highest BCUT2D eigenvalue weighted by molar-refractivity contribution is 7.07. The normalized spacial score (nSPS) is 16.2. The summed E-state index contributed by atoms with van der Waals surface area (Å²) in [6.45, 7) is 0.662. The lowest BCUT2D eigenvalue weighted by Gasteiger charge is -2.15. The Morgan fingerprint density at radius 1 is 1.12 bits per heavy atom.